The number of aryl methyl sites for hydroxylation is 3. The van der Waals surface area contributed by atoms with Crippen LogP contribution in [0.4, 0.5) is 4.79 Å². The number of nitrogens with two attached hydrogens (primary N) is 1. The lowest BCUT2D eigenvalue weighted by molar-refractivity contribution is -0.117. The highest BCUT2D eigenvalue weighted by Gasteiger charge is 2.22. The predicted molar refractivity (Wildman–Crippen MR) is 82.6 cm³/mol. The van der Waals surface area contributed by atoms with E-state index in [0.29, 0.717) is 5.82 Å². The van der Waals surface area contributed by atoms with Gasteiger partial charge in [0, 0.05) is 10.3 Å². The van der Waals surface area contributed by atoms with E-state index in [-0.39, 0.29) is 5.75 Å². The molecule has 6 nitrogen and oxygen atoms in total. The zero-order chi connectivity index (χ0) is 15.0. The molecule has 8 heteroatoms. The van der Waals surface area contributed by atoms with Crippen molar-refractivity contribution in [2.24, 2.45) is 5.73 Å². The summed E-state index contributed by atoms with van der Waals surface area (Å²) in [5.74, 6) is 0.392. The number of urea groups is 1. The molecule has 0 aromatic carbocycles. The Kier molecular flexibility index (Phi) is 3.81. The van der Waals surface area contributed by atoms with Crippen molar-refractivity contribution in [1.82, 2.24) is 15.3 Å². The van der Waals surface area contributed by atoms with Gasteiger partial charge >= 0.3 is 6.03 Å². The number of carbonyl (C=O) groups excluding carboxylic acids is 2. The fourth-order valence-electron chi connectivity index (χ4n) is 2.48. The largest absolute Gasteiger partial charge is 0.351 e. The van der Waals surface area contributed by atoms with E-state index in [9.17, 15) is 9.59 Å². The van der Waals surface area contributed by atoms with E-state index in [4.69, 9.17) is 5.73 Å². The molecule has 0 spiro atoms. The molecule has 2 heterocycles. The predicted octanol–water partition coefficient (Wildman–Crippen LogP) is 1.78. The first-order valence-electron chi connectivity index (χ1n) is 6.55. The Balaban J connectivity index is 1.90. The molecule has 3 N–H and O–H groups in total. The van der Waals surface area contributed by atoms with E-state index in [0.717, 1.165) is 34.5 Å². The van der Waals surface area contributed by atoms with E-state index >= 15 is 0 Å². The summed E-state index contributed by atoms with van der Waals surface area (Å²) in [6.45, 7) is 1.85. The molecular formula is C13H14N4O2S2. The van der Waals surface area contributed by atoms with E-state index in [1.54, 1.807) is 11.3 Å². The summed E-state index contributed by atoms with van der Waals surface area (Å²) in [5, 5.41) is 3.96. The van der Waals surface area contributed by atoms with E-state index in [1.165, 1.54) is 22.2 Å². The number of nitrogens with zero attached hydrogens (tertiary/aromatic N) is 2. The fraction of sp³-hybridized carbons (Fsp3) is 0.385. The van der Waals surface area contributed by atoms with Crippen LogP contribution in [0, 0.1) is 6.92 Å². The molecule has 3 amide bonds. The average Bonchev–Trinajstić information content (AvgIpc) is 2.94. The van der Waals surface area contributed by atoms with Gasteiger partial charge in [-0.25, -0.2) is 14.8 Å². The van der Waals surface area contributed by atoms with Crippen LogP contribution in [-0.4, -0.2) is 27.7 Å². The lowest BCUT2D eigenvalue weighted by Gasteiger charge is -2.05. The van der Waals surface area contributed by atoms with Crippen molar-refractivity contribution in [3.63, 3.8) is 0 Å². The zero-order valence-corrected chi connectivity index (χ0v) is 13.1. The topological polar surface area (TPSA) is 98.0 Å². The molecule has 1 aliphatic rings. The Bertz CT molecular complexity index is 741. The summed E-state index contributed by atoms with van der Waals surface area (Å²) < 4.78 is 0. The van der Waals surface area contributed by atoms with Gasteiger partial charge in [0.15, 0.2) is 0 Å². The zero-order valence-electron chi connectivity index (χ0n) is 11.4. The summed E-state index contributed by atoms with van der Waals surface area (Å²) in [4.78, 5) is 33.5. The van der Waals surface area contributed by atoms with Gasteiger partial charge in [0.2, 0.25) is 5.91 Å². The number of primary amides is 1. The Labute approximate surface area is 129 Å². The van der Waals surface area contributed by atoms with E-state index in [2.05, 4.69) is 15.3 Å². The van der Waals surface area contributed by atoms with Gasteiger partial charge in [-0.05, 0) is 31.7 Å². The maximum Gasteiger partial charge on any atom is 0.318 e. The van der Waals surface area contributed by atoms with Crippen molar-refractivity contribution in [3.05, 3.63) is 16.3 Å². The SMILES string of the molecule is Cc1nc(SCC(=O)NC(N)=O)c2c3c(sc2n1)CCC3. The number of nitrogens with one attached hydrogen (secondary N) is 1. The van der Waals surface area contributed by atoms with Gasteiger partial charge in [-0.15, -0.1) is 11.3 Å². The van der Waals surface area contributed by atoms with Crippen molar-refractivity contribution in [2.45, 2.75) is 31.2 Å². The quantitative estimate of drug-likeness (QED) is 0.663. The van der Waals surface area contributed by atoms with E-state index < -0.39 is 11.9 Å². The smallest absolute Gasteiger partial charge is 0.318 e. The first kappa shape index (κ1) is 14.3. The summed E-state index contributed by atoms with van der Waals surface area (Å²) in [7, 11) is 0. The van der Waals surface area contributed by atoms with Crippen LogP contribution < -0.4 is 11.1 Å². The minimum Gasteiger partial charge on any atom is -0.351 e. The summed E-state index contributed by atoms with van der Waals surface area (Å²) >= 11 is 3.04. The number of hydrogen-bond acceptors (Lipinski definition) is 6. The molecule has 0 saturated carbocycles. The van der Waals surface area contributed by atoms with Crippen molar-refractivity contribution in [1.29, 1.82) is 0 Å². The Hall–Kier alpha value is -1.67. The minimum absolute atomic E-state index is 0.110. The van der Waals surface area contributed by atoms with Crippen molar-refractivity contribution >= 4 is 45.3 Å². The van der Waals surface area contributed by atoms with Crippen LogP contribution in [-0.2, 0) is 17.6 Å². The lowest BCUT2D eigenvalue weighted by Crippen LogP contribution is -2.36. The van der Waals surface area contributed by atoms with Crippen molar-refractivity contribution in [2.75, 3.05) is 5.75 Å². The third kappa shape index (κ3) is 2.86. The Morgan fingerprint density at radius 1 is 1.38 bits per heavy atom. The second-order valence-corrected chi connectivity index (χ2v) is 6.86. The molecule has 3 rings (SSSR count). The standard InChI is InChI=1S/C13H14N4O2S2/c1-6-15-11(20-5-9(18)17-13(14)19)10-7-3-2-4-8(7)21-12(10)16-6/h2-5H2,1H3,(H3,14,17,18,19). The van der Waals surface area contributed by atoms with Gasteiger partial charge in [-0.2, -0.15) is 0 Å². The van der Waals surface area contributed by atoms with Gasteiger partial charge < -0.3 is 5.73 Å². The molecule has 0 bridgehead atoms. The summed E-state index contributed by atoms with van der Waals surface area (Å²) in [5.41, 5.74) is 6.26. The number of thiophene rings is 1. The number of thioether (sulfide) groups is 1. The van der Waals surface area contributed by atoms with Gasteiger partial charge in [-0.3, -0.25) is 10.1 Å². The lowest BCUT2D eigenvalue weighted by atomic mass is 10.2. The molecule has 0 aliphatic heterocycles. The monoisotopic (exact) mass is 322 g/mol. The van der Waals surface area contributed by atoms with Crippen LogP contribution in [0.1, 0.15) is 22.7 Å². The number of rotatable bonds is 3. The molecule has 0 saturated heterocycles. The maximum absolute atomic E-state index is 11.5. The van der Waals surface area contributed by atoms with Crippen LogP contribution in [0.5, 0.6) is 0 Å². The molecule has 110 valence electrons. The number of carbonyl (C=O) groups is 2. The van der Waals surface area contributed by atoms with Crippen molar-refractivity contribution < 1.29 is 9.59 Å². The number of aromatic nitrogens is 2. The van der Waals surface area contributed by atoms with Crippen LogP contribution in [0.2, 0.25) is 0 Å². The highest BCUT2D eigenvalue weighted by molar-refractivity contribution is 8.00. The Morgan fingerprint density at radius 3 is 2.95 bits per heavy atom. The molecule has 2 aromatic rings. The highest BCUT2D eigenvalue weighted by Crippen LogP contribution is 2.40. The van der Waals surface area contributed by atoms with Gasteiger partial charge in [0.05, 0.1) is 5.75 Å². The number of imide groups is 1. The molecule has 0 atom stereocenters. The first-order valence-corrected chi connectivity index (χ1v) is 8.36. The van der Waals surface area contributed by atoms with Crippen LogP contribution in [0.25, 0.3) is 10.2 Å². The maximum atomic E-state index is 11.5. The molecule has 1 aliphatic carbocycles. The third-order valence-electron chi connectivity index (χ3n) is 3.25. The normalized spacial score (nSPS) is 13.4. The molecular weight excluding hydrogens is 308 g/mol. The van der Waals surface area contributed by atoms with Gasteiger partial charge in [-0.1, -0.05) is 11.8 Å². The fourth-order valence-corrected chi connectivity index (χ4v) is 4.75. The van der Waals surface area contributed by atoms with Crippen LogP contribution in [0.3, 0.4) is 0 Å². The number of fused-ring (bicyclic) bond motifs is 3. The first-order chi connectivity index (χ1) is 10.0. The molecule has 0 fully saturated rings. The molecule has 21 heavy (non-hydrogen) atoms. The number of amides is 3. The summed E-state index contributed by atoms with van der Waals surface area (Å²) in [6, 6.07) is -0.832. The summed E-state index contributed by atoms with van der Waals surface area (Å²) in [6.07, 6.45) is 3.31. The van der Waals surface area contributed by atoms with E-state index in [1.807, 2.05) is 6.92 Å². The minimum atomic E-state index is -0.832. The molecule has 2 aromatic heterocycles. The molecule has 0 unspecified atom stereocenters. The highest BCUT2D eigenvalue weighted by atomic mass is 32.2. The van der Waals surface area contributed by atoms with Gasteiger partial charge in [0.1, 0.15) is 15.7 Å². The van der Waals surface area contributed by atoms with Crippen LogP contribution in [0.15, 0.2) is 5.03 Å². The second kappa shape index (κ2) is 5.61. The Morgan fingerprint density at radius 2 is 2.19 bits per heavy atom. The van der Waals surface area contributed by atoms with Crippen molar-refractivity contribution in [3.8, 4) is 0 Å². The second-order valence-electron chi connectivity index (χ2n) is 4.81. The van der Waals surface area contributed by atoms with Crippen LogP contribution >= 0.6 is 23.1 Å². The number of hydrogen-bond donors (Lipinski definition) is 2. The molecule has 0 radical (unpaired) electrons. The third-order valence-corrected chi connectivity index (χ3v) is 5.41. The average molecular weight is 322 g/mol. The van der Waals surface area contributed by atoms with Gasteiger partial charge in [0.25, 0.3) is 0 Å².